The lowest BCUT2D eigenvalue weighted by Crippen LogP contribution is -2.38. The van der Waals surface area contributed by atoms with E-state index in [1.54, 1.807) is 0 Å². The quantitative estimate of drug-likeness (QED) is 0.914. The van der Waals surface area contributed by atoms with Crippen LogP contribution in [0.1, 0.15) is 49.9 Å². The van der Waals surface area contributed by atoms with Gasteiger partial charge < -0.3 is 10.2 Å². The van der Waals surface area contributed by atoms with Crippen LogP contribution in [0.5, 0.6) is 0 Å². The van der Waals surface area contributed by atoms with Crippen LogP contribution >= 0.6 is 0 Å². The summed E-state index contributed by atoms with van der Waals surface area (Å²) in [5.74, 6) is 0.854. The molecule has 0 amide bonds. The van der Waals surface area contributed by atoms with Crippen molar-refractivity contribution < 1.29 is 0 Å². The van der Waals surface area contributed by atoms with E-state index in [0.29, 0.717) is 6.04 Å². The van der Waals surface area contributed by atoms with E-state index >= 15 is 0 Å². The van der Waals surface area contributed by atoms with Gasteiger partial charge in [-0.2, -0.15) is 0 Å². The molecule has 110 valence electrons. The molecule has 3 rings (SSSR count). The molecule has 20 heavy (non-hydrogen) atoms. The third-order valence-corrected chi connectivity index (χ3v) is 5.00. The maximum Gasteiger partial charge on any atom is 0.0605 e. The molecule has 3 nitrogen and oxygen atoms in total. The SMILES string of the molecule is CCN1CCC(CNC2CCCc3cccnc32)CC1. The molecule has 3 heteroatoms. The number of nitrogens with zero attached hydrogens (tertiary/aromatic N) is 2. The lowest BCUT2D eigenvalue weighted by atomic mass is 9.90. The number of aromatic nitrogens is 1. The third kappa shape index (κ3) is 3.21. The van der Waals surface area contributed by atoms with E-state index in [9.17, 15) is 0 Å². The molecule has 2 aliphatic rings. The minimum Gasteiger partial charge on any atom is -0.308 e. The van der Waals surface area contributed by atoms with Crippen molar-refractivity contribution in [3.8, 4) is 0 Å². The summed E-state index contributed by atoms with van der Waals surface area (Å²) in [6, 6.07) is 4.81. The van der Waals surface area contributed by atoms with E-state index in [4.69, 9.17) is 0 Å². The standard InChI is InChI=1S/C17H27N3/c1-2-20-11-8-14(9-12-20)13-19-16-7-3-5-15-6-4-10-18-17(15)16/h4,6,10,14,16,19H,2-3,5,7-9,11-13H2,1H3. The van der Waals surface area contributed by atoms with Crippen molar-refractivity contribution >= 4 is 0 Å². The fourth-order valence-electron chi connectivity index (χ4n) is 3.62. The van der Waals surface area contributed by atoms with Gasteiger partial charge in [-0.05, 0) is 75.8 Å². The van der Waals surface area contributed by atoms with Crippen LogP contribution in [0.4, 0.5) is 0 Å². The zero-order valence-corrected chi connectivity index (χ0v) is 12.6. The summed E-state index contributed by atoms with van der Waals surface area (Å²) in [5.41, 5.74) is 2.77. The Hall–Kier alpha value is -0.930. The average Bonchev–Trinajstić information content (AvgIpc) is 2.53. The first-order valence-corrected chi connectivity index (χ1v) is 8.26. The summed E-state index contributed by atoms with van der Waals surface area (Å²) in [6.45, 7) is 7.20. The van der Waals surface area contributed by atoms with Crippen LogP contribution in [0, 0.1) is 5.92 Å². The molecule has 1 N–H and O–H groups in total. The molecule has 1 aromatic rings. The Labute approximate surface area is 122 Å². The Bertz CT molecular complexity index is 424. The highest BCUT2D eigenvalue weighted by atomic mass is 15.1. The van der Waals surface area contributed by atoms with E-state index in [0.717, 1.165) is 12.5 Å². The molecule has 1 unspecified atom stereocenters. The summed E-state index contributed by atoms with van der Waals surface area (Å²) in [7, 11) is 0. The van der Waals surface area contributed by atoms with Crippen molar-refractivity contribution in [1.82, 2.24) is 15.2 Å². The zero-order valence-electron chi connectivity index (χ0n) is 12.6. The molecular formula is C17H27N3. The van der Waals surface area contributed by atoms with Crippen LogP contribution in [0.3, 0.4) is 0 Å². The van der Waals surface area contributed by atoms with Crippen LogP contribution in [-0.2, 0) is 6.42 Å². The number of pyridine rings is 1. The summed E-state index contributed by atoms with van der Waals surface area (Å²) < 4.78 is 0. The fourth-order valence-corrected chi connectivity index (χ4v) is 3.62. The van der Waals surface area contributed by atoms with Gasteiger partial charge in [-0.1, -0.05) is 13.0 Å². The van der Waals surface area contributed by atoms with Gasteiger partial charge in [0.05, 0.1) is 5.69 Å². The maximum atomic E-state index is 4.62. The number of nitrogens with one attached hydrogen (secondary N) is 1. The highest BCUT2D eigenvalue weighted by Crippen LogP contribution is 2.28. The van der Waals surface area contributed by atoms with Crippen molar-refractivity contribution in [2.24, 2.45) is 5.92 Å². The van der Waals surface area contributed by atoms with E-state index < -0.39 is 0 Å². The Kier molecular flexibility index (Phi) is 4.69. The predicted octanol–water partition coefficient (Wildman–Crippen LogP) is 2.78. The van der Waals surface area contributed by atoms with Crippen LogP contribution in [0.15, 0.2) is 18.3 Å². The normalized spacial score (nSPS) is 24.6. The van der Waals surface area contributed by atoms with Crippen LogP contribution in [0.25, 0.3) is 0 Å². The molecule has 0 bridgehead atoms. The Morgan fingerprint density at radius 3 is 2.95 bits per heavy atom. The van der Waals surface area contributed by atoms with Crippen molar-refractivity contribution in [3.05, 3.63) is 29.6 Å². The minimum absolute atomic E-state index is 0.490. The number of hydrogen-bond donors (Lipinski definition) is 1. The monoisotopic (exact) mass is 273 g/mol. The Morgan fingerprint density at radius 2 is 2.15 bits per heavy atom. The average molecular weight is 273 g/mol. The highest BCUT2D eigenvalue weighted by molar-refractivity contribution is 5.25. The van der Waals surface area contributed by atoms with E-state index in [2.05, 4.69) is 34.3 Å². The molecule has 1 atom stereocenters. The van der Waals surface area contributed by atoms with Gasteiger partial charge in [0.15, 0.2) is 0 Å². The van der Waals surface area contributed by atoms with Gasteiger partial charge in [-0.3, -0.25) is 4.98 Å². The molecule has 1 fully saturated rings. The molecule has 0 saturated carbocycles. The first kappa shape index (κ1) is 14.0. The van der Waals surface area contributed by atoms with Crippen molar-refractivity contribution in [2.75, 3.05) is 26.2 Å². The maximum absolute atomic E-state index is 4.62. The number of rotatable bonds is 4. The first-order valence-electron chi connectivity index (χ1n) is 8.26. The van der Waals surface area contributed by atoms with Crippen molar-refractivity contribution in [3.63, 3.8) is 0 Å². The van der Waals surface area contributed by atoms with E-state index in [1.165, 1.54) is 63.0 Å². The lowest BCUT2D eigenvalue weighted by molar-refractivity contribution is 0.186. The smallest absolute Gasteiger partial charge is 0.0605 e. The largest absolute Gasteiger partial charge is 0.308 e. The molecule has 1 saturated heterocycles. The number of hydrogen-bond acceptors (Lipinski definition) is 3. The molecule has 2 heterocycles. The Morgan fingerprint density at radius 1 is 1.30 bits per heavy atom. The second-order valence-electron chi connectivity index (χ2n) is 6.28. The number of piperidine rings is 1. The highest BCUT2D eigenvalue weighted by Gasteiger charge is 2.23. The van der Waals surface area contributed by atoms with Gasteiger partial charge in [-0.25, -0.2) is 0 Å². The first-order chi connectivity index (χ1) is 9.86. The molecule has 0 radical (unpaired) electrons. The third-order valence-electron chi connectivity index (χ3n) is 5.00. The van der Waals surface area contributed by atoms with Gasteiger partial charge in [-0.15, -0.1) is 0 Å². The van der Waals surface area contributed by atoms with Crippen LogP contribution in [0.2, 0.25) is 0 Å². The van der Waals surface area contributed by atoms with Gasteiger partial charge >= 0.3 is 0 Å². The minimum atomic E-state index is 0.490. The van der Waals surface area contributed by atoms with Gasteiger partial charge in [0.2, 0.25) is 0 Å². The number of likely N-dealkylation sites (tertiary alicyclic amines) is 1. The Balaban J connectivity index is 1.52. The second-order valence-corrected chi connectivity index (χ2v) is 6.28. The summed E-state index contributed by atoms with van der Waals surface area (Å²) in [6.07, 6.45) is 8.39. The second kappa shape index (κ2) is 6.68. The zero-order chi connectivity index (χ0) is 13.8. The van der Waals surface area contributed by atoms with Crippen molar-refractivity contribution in [2.45, 2.75) is 45.1 Å². The number of fused-ring (bicyclic) bond motifs is 1. The summed E-state index contributed by atoms with van der Waals surface area (Å²) >= 11 is 0. The topological polar surface area (TPSA) is 28.2 Å². The van der Waals surface area contributed by atoms with Gasteiger partial charge in [0.1, 0.15) is 0 Å². The van der Waals surface area contributed by atoms with Gasteiger partial charge in [0.25, 0.3) is 0 Å². The van der Waals surface area contributed by atoms with E-state index in [1.807, 2.05) is 6.20 Å². The molecule has 1 aromatic heterocycles. The fraction of sp³-hybridized carbons (Fsp3) is 0.706. The predicted molar refractivity (Wildman–Crippen MR) is 82.8 cm³/mol. The molecular weight excluding hydrogens is 246 g/mol. The van der Waals surface area contributed by atoms with Crippen LogP contribution < -0.4 is 5.32 Å². The number of aryl methyl sites for hydroxylation is 1. The van der Waals surface area contributed by atoms with Crippen molar-refractivity contribution in [1.29, 1.82) is 0 Å². The molecule has 1 aliphatic heterocycles. The molecule has 1 aliphatic carbocycles. The lowest BCUT2D eigenvalue weighted by Gasteiger charge is -2.33. The summed E-state index contributed by atoms with van der Waals surface area (Å²) in [5, 5.41) is 3.80. The molecule has 0 aromatic carbocycles. The van der Waals surface area contributed by atoms with Gasteiger partial charge in [0, 0.05) is 12.2 Å². The van der Waals surface area contributed by atoms with E-state index in [-0.39, 0.29) is 0 Å². The van der Waals surface area contributed by atoms with Crippen LogP contribution in [-0.4, -0.2) is 36.1 Å². The molecule has 0 spiro atoms. The summed E-state index contributed by atoms with van der Waals surface area (Å²) in [4.78, 5) is 7.18.